The Morgan fingerprint density at radius 3 is 2.50 bits per heavy atom. The third kappa shape index (κ3) is 3.09. The van der Waals surface area contributed by atoms with Crippen LogP contribution in [0.5, 0.6) is 0 Å². The first-order valence-corrected chi connectivity index (χ1v) is 7.45. The first-order valence-electron chi connectivity index (χ1n) is 5.85. The van der Waals surface area contributed by atoms with Gasteiger partial charge in [-0.2, -0.15) is 9.57 Å². The summed E-state index contributed by atoms with van der Waals surface area (Å²) in [6.07, 6.45) is 0.540. The number of sulfonamides is 1. The van der Waals surface area contributed by atoms with E-state index in [0.717, 1.165) is 11.1 Å². The van der Waals surface area contributed by atoms with Crippen LogP contribution in [0.25, 0.3) is 0 Å². The van der Waals surface area contributed by atoms with Crippen molar-refractivity contribution < 1.29 is 8.42 Å². The summed E-state index contributed by atoms with van der Waals surface area (Å²) in [6.45, 7) is 3.68. The second-order valence-electron chi connectivity index (χ2n) is 4.22. The molecular weight excluding hydrogens is 248 g/mol. The molecule has 0 saturated carbocycles. The summed E-state index contributed by atoms with van der Waals surface area (Å²) in [7, 11) is -1.91. The Hall–Kier alpha value is -1.38. The lowest BCUT2D eigenvalue weighted by Crippen LogP contribution is -2.32. The van der Waals surface area contributed by atoms with Crippen LogP contribution in [0.3, 0.4) is 0 Å². The third-order valence-corrected chi connectivity index (χ3v) is 4.88. The van der Waals surface area contributed by atoms with Crippen molar-refractivity contribution in [2.24, 2.45) is 0 Å². The molecule has 0 aliphatic rings. The van der Waals surface area contributed by atoms with Crippen LogP contribution in [0, 0.1) is 18.3 Å². The average molecular weight is 266 g/mol. The van der Waals surface area contributed by atoms with E-state index in [1.165, 1.54) is 11.4 Å². The van der Waals surface area contributed by atoms with Crippen molar-refractivity contribution in [2.75, 3.05) is 12.8 Å². The molecule has 0 bridgehead atoms. The topological polar surface area (TPSA) is 61.2 Å². The van der Waals surface area contributed by atoms with Crippen LogP contribution in [0.15, 0.2) is 24.3 Å². The highest BCUT2D eigenvalue weighted by atomic mass is 32.2. The predicted molar refractivity (Wildman–Crippen MR) is 71.4 cm³/mol. The van der Waals surface area contributed by atoms with E-state index in [1.54, 1.807) is 13.0 Å². The number of aryl methyl sites for hydroxylation is 1. The number of hydrogen-bond acceptors (Lipinski definition) is 3. The van der Waals surface area contributed by atoms with Gasteiger partial charge in [0.2, 0.25) is 10.0 Å². The van der Waals surface area contributed by atoms with E-state index < -0.39 is 16.1 Å². The van der Waals surface area contributed by atoms with E-state index in [1.807, 2.05) is 25.1 Å². The molecule has 0 fully saturated rings. The average Bonchev–Trinajstić information content (AvgIpc) is 2.32. The molecule has 98 valence electrons. The molecule has 5 heteroatoms. The number of nitrogens with zero attached hydrogens (tertiary/aromatic N) is 2. The van der Waals surface area contributed by atoms with Crippen LogP contribution in [0.2, 0.25) is 0 Å². The van der Waals surface area contributed by atoms with E-state index in [2.05, 4.69) is 6.07 Å². The lowest BCUT2D eigenvalue weighted by Gasteiger charge is -2.23. The van der Waals surface area contributed by atoms with Crippen molar-refractivity contribution in [3.8, 4) is 6.07 Å². The molecule has 18 heavy (non-hydrogen) atoms. The van der Waals surface area contributed by atoms with Gasteiger partial charge in [0.05, 0.1) is 11.8 Å². The van der Waals surface area contributed by atoms with Gasteiger partial charge in [0.15, 0.2) is 0 Å². The monoisotopic (exact) mass is 266 g/mol. The minimum Gasteiger partial charge on any atom is -0.212 e. The zero-order valence-electron chi connectivity index (χ0n) is 10.9. The van der Waals surface area contributed by atoms with Gasteiger partial charge in [-0.15, -0.1) is 0 Å². The largest absolute Gasteiger partial charge is 0.215 e. The molecule has 0 amide bonds. The summed E-state index contributed by atoms with van der Waals surface area (Å²) in [5.74, 6) is 0.0631. The molecule has 0 saturated heterocycles. The van der Waals surface area contributed by atoms with E-state index in [9.17, 15) is 13.7 Å². The van der Waals surface area contributed by atoms with Gasteiger partial charge in [0, 0.05) is 7.05 Å². The second-order valence-corrected chi connectivity index (χ2v) is 6.37. The second kappa shape index (κ2) is 5.98. The molecule has 0 spiro atoms. The van der Waals surface area contributed by atoms with Gasteiger partial charge in [0.25, 0.3) is 0 Å². The Labute approximate surface area is 109 Å². The minimum absolute atomic E-state index is 0.0631. The lowest BCUT2D eigenvalue weighted by atomic mass is 10.0. The van der Waals surface area contributed by atoms with Gasteiger partial charge in [-0.3, -0.25) is 0 Å². The normalized spacial score (nSPS) is 13.3. The molecule has 1 unspecified atom stereocenters. The fourth-order valence-corrected chi connectivity index (χ4v) is 3.09. The van der Waals surface area contributed by atoms with Crippen LogP contribution >= 0.6 is 0 Å². The number of nitriles is 1. The Morgan fingerprint density at radius 1 is 1.39 bits per heavy atom. The summed E-state index contributed by atoms with van der Waals surface area (Å²) >= 11 is 0. The number of benzene rings is 1. The maximum atomic E-state index is 12.0. The minimum atomic E-state index is -3.38. The third-order valence-electron chi connectivity index (χ3n) is 2.87. The maximum absolute atomic E-state index is 12.0. The number of rotatable bonds is 5. The summed E-state index contributed by atoms with van der Waals surface area (Å²) in [6, 6.07) is 8.66. The van der Waals surface area contributed by atoms with Crippen LogP contribution in [-0.2, 0) is 10.0 Å². The van der Waals surface area contributed by atoms with Crippen LogP contribution in [-0.4, -0.2) is 25.5 Å². The molecule has 0 aromatic heterocycles. The van der Waals surface area contributed by atoms with Gasteiger partial charge < -0.3 is 0 Å². The van der Waals surface area contributed by atoms with Crippen molar-refractivity contribution >= 4 is 10.0 Å². The zero-order chi connectivity index (χ0) is 13.8. The van der Waals surface area contributed by atoms with E-state index in [0.29, 0.717) is 6.42 Å². The molecule has 4 nitrogen and oxygen atoms in total. The Morgan fingerprint density at radius 2 is 2.00 bits per heavy atom. The molecule has 0 N–H and O–H groups in total. The molecule has 0 heterocycles. The molecule has 0 radical (unpaired) electrons. The Balaban J connectivity index is 3.14. The molecule has 1 aromatic rings. The smallest absolute Gasteiger partial charge is 0.212 e. The summed E-state index contributed by atoms with van der Waals surface area (Å²) in [4.78, 5) is 0. The Kier molecular flexibility index (Phi) is 4.88. The van der Waals surface area contributed by atoms with E-state index >= 15 is 0 Å². The molecular formula is C13H18N2O2S. The molecule has 1 aromatic carbocycles. The van der Waals surface area contributed by atoms with Crippen molar-refractivity contribution in [1.29, 1.82) is 5.26 Å². The highest BCUT2D eigenvalue weighted by Crippen LogP contribution is 2.24. The zero-order valence-corrected chi connectivity index (χ0v) is 11.7. The quantitative estimate of drug-likeness (QED) is 0.821. The van der Waals surface area contributed by atoms with Crippen LogP contribution < -0.4 is 0 Å². The number of hydrogen-bond donors (Lipinski definition) is 0. The first kappa shape index (κ1) is 14.7. The molecule has 1 atom stereocenters. The standard InChI is InChI=1S/C13H18N2O2S/c1-4-9-18(16,17)15(3)13(10-14)12-8-6-5-7-11(12)2/h5-8,13H,4,9H2,1-3H3. The summed E-state index contributed by atoms with van der Waals surface area (Å²) in [5.41, 5.74) is 1.66. The predicted octanol–water partition coefficient (Wildman–Crippen LogP) is 2.23. The SMILES string of the molecule is CCCS(=O)(=O)N(C)C(C#N)c1ccccc1C. The van der Waals surface area contributed by atoms with Crippen LogP contribution in [0.1, 0.15) is 30.5 Å². The van der Waals surface area contributed by atoms with Gasteiger partial charge in [-0.1, -0.05) is 31.2 Å². The highest BCUT2D eigenvalue weighted by Gasteiger charge is 2.27. The lowest BCUT2D eigenvalue weighted by molar-refractivity contribution is 0.431. The Bertz CT molecular complexity index is 546. The molecule has 0 aliphatic carbocycles. The first-order chi connectivity index (χ1) is 8.44. The van der Waals surface area contributed by atoms with Crippen molar-refractivity contribution in [2.45, 2.75) is 26.3 Å². The molecule has 1 rings (SSSR count). The van der Waals surface area contributed by atoms with E-state index in [-0.39, 0.29) is 5.75 Å². The van der Waals surface area contributed by atoms with E-state index in [4.69, 9.17) is 0 Å². The summed E-state index contributed by atoms with van der Waals surface area (Å²) < 4.78 is 25.1. The fourth-order valence-electron chi connectivity index (χ4n) is 1.80. The van der Waals surface area contributed by atoms with Gasteiger partial charge in [-0.25, -0.2) is 8.42 Å². The molecule has 0 aliphatic heterocycles. The maximum Gasteiger partial charge on any atom is 0.215 e. The van der Waals surface area contributed by atoms with Crippen molar-refractivity contribution in [1.82, 2.24) is 4.31 Å². The van der Waals surface area contributed by atoms with Crippen LogP contribution in [0.4, 0.5) is 0 Å². The fraction of sp³-hybridized carbons (Fsp3) is 0.462. The van der Waals surface area contributed by atoms with Gasteiger partial charge in [-0.05, 0) is 24.5 Å². The van der Waals surface area contributed by atoms with Crippen molar-refractivity contribution in [3.05, 3.63) is 35.4 Å². The van der Waals surface area contributed by atoms with Crippen molar-refractivity contribution in [3.63, 3.8) is 0 Å². The summed E-state index contributed by atoms with van der Waals surface area (Å²) in [5, 5.41) is 9.25. The van der Waals surface area contributed by atoms with Gasteiger partial charge >= 0.3 is 0 Å². The highest BCUT2D eigenvalue weighted by molar-refractivity contribution is 7.89. The van der Waals surface area contributed by atoms with Gasteiger partial charge in [0.1, 0.15) is 6.04 Å².